The number of hydrogen-bond acceptors (Lipinski definition) is 15. The fourth-order valence-corrected chi connectivity index (χ4v) is 12.1. The van der Waals surface area contributed by atoms with Crippen molar-refractivity contribution >= 4 is 39.5 Å². The number of phosphoric ester groups is 2. The van der Waals surface area contributed by atoms with Crippen molar-refractivity contribution in [3.63, 3.8) is 0 Å². The molecule has 0 saturated heterocycles. The first-order chi connectivity index (χ1) is 52.7. The van der Waals surface area contributed by atoms with E-state index in [1.165, 1.54) is 96.3 Å². The lowest BCUT2D eigenvalue weighted by molar-refractivity contribution is -0.161. The van der Waals surface area contributed by atoms with E-state index in [0.29, 0.717) is 38.5 Å². The number of aliphatic hydroxyl groups is 1. The Bertz CT molecular complexity index is 2660. The molecule has 108 heavy (non-hydrogen) atoms. The van der Waals surface area contributed by atoms with Gasteiger partial charge < -0.3 is 33.8 Å². The molecule has 3 N–H and O–H groups in total. The molecule has 0 spiro atoms. The Balaban J connectivity index is 5.53. The van der Waals surface area contributed by atoms with Crippen LogP contribution in [-0.4, -0.2) is 96.7 Å². The lowest BCUT2D eigenvalue weighted by Crippen LogP contribution is -2.30. The van der Waals surface area contributed by atoms with Crippen LogP contribution >= 0.6 is 15.6 Å². The van der Waals surface area contributed by atoms with Crippen LogP contribution in [0, 0.1) is 0 Å². The van der Waals surface area contributed by atoms with Gasteiger partial charge in [-0.3, -0.25) is 37.3 Å². The van der Waals surface area contributed by atoms with Crippen LogP contribution in [0.2, 0.25) is 0 Å². The molecular weight excluding hydrogens is 1400 g/mol. The second kappa shape index (κ2) is 79.8. The largest absolute Gasteiger partial charge is 0.472 e. The van der Waals surface area contributed by atoms with Crippen LogP contribution in [0.5, 0.6) is 0 Å². The zero-order valence-corrected chi connectivity index (χ0v) is 69.3. The standard InChI is InChI=1S/C89H148O17P2/c1-5-9-13-17-21-25-29-33-37-39-41-43-47-50-54-58-62-66-70-74-87(92)100-80-84(105-88(93)75-71-67-63-59-55-51-46-36-32-28-24-20-16-12-8-4)81-103-107(95,96)101-77-83(90)78-102-108(97,98)104-82-85(79-99-86(91)73-69-65-61-57-53-49-45-35-31-27-23-19-15-11-7-3)106-89(94)76-72-68-64-60-56-52-48-44-42-40-38-34-30-26-22-18-14-10-6-2/h21-23,25-27,33-38,41-46,50,52,54,56,62,64,66,68,83-85,90H,5-20,24,28-32,39-40,47-49,51,53,55,57-61,63,65,67,69-82H2,1-4H3,(H,95,96)(H,97,98)/b25-21-,26-22-,27-23-,37-33-,38-34-,43-41-,44-42-,45-35-,46-36-,54-50-,56-52-,66-62-,68-64-/t83-,84-,85-/m1/s1. The Morgan fingerprint density at radius 1 is 0.259 bits per heavy atom. The molecule has 0 saturated carbocycles. The summed E-state index contributed by atoms with van der Waals surface area (Å²) in [5.74, 6) is -2.40. The molecule has 17 nitrogen and oxygen atoms in total. The predicted molar refractivity (Wildman–Crippen MR) is 445 cm³/mol. The highest BCUT2D eigenvalue weighted by atomic mass is 31.2. The van der Waals surface area contributed by atoms with Gasteiger partial charge in [-0.05, 0) is 161 Å². The van der Waals surface area contributed by atoms with Gasteiger partial charge in [-0.25, -0.2) is 9.13 Å². The lowest BCUT2D eigenvalue weighted by Gasteiger charge is -2.21. The molecule has 0 aromatic rings. The maximum Gasteiger partial charge on any atom is 0.472 e. The summed E-state index contributed by atoms with van der Waals surface area (Å²) in [4.78, 5) is 73.1. The summed E-state index contributed by atoms with van der Waals surface area (Å²) in [6.45, 7) is 4.60. The van der Waals surface area contributed by atoms with Gasteiger partial charge in [-0.1, -0.05) is 295 Å². The molecule has 0 bridgehead atoms. The Morgan fingerprint density at radius 3 is 0.796 bits per heavy atom. The smallest absolute Gasteiger partial charge is 0.462 e. The first kappa shape index (κ1) is 103. The third-order valence-corrected chi connectivity index (χ3v) is 18.9. The maximum absolute atomic E-state index is 13.1. The summed E-state index contributed by atoms with van der Waals surface area (Å²) in [5.41, 5.74) is 0. The first-order valence-corrected chi connectivity index (χ1v) is 44.7. The van der Waals surface area contributed by atoms with Gasteiger partial charge >= 0.3 is 39.5 Å². The molecule has 0 aromatic heterocycles. The van der Waals surface area contributed by atoms with E-state index in [9.17, 15) is 43.2 Å². The van der Waals surface area contributed by atoms with Gasteiger partial charge in [0.15, 0.2) is 12.2 Å². The Morgan fingerprint density at radius 2 is 0.472 bits per heavy atom. The summed E-state index contributed by atoms with van der Waals surface area (Å²) < 4.78 is 68.5. The van der Waals surface area contributed by atoms with Gasteiger partial charge in [0.2, 0.25) is 0 Å². The van der Waals surface area contributed by atoms with Crippen LogP contribution in [0.15, 0.2) is 158 Å². The SMILES string of the molecule is CCCCC/C=C\C/C=C\C/C=C\C/C=C\C/C=C\CCC(=O)OC[C@H](COP(=O)(O)OC[C@@H](O)COP(=O)(O)OC[C@@H](COC(=O)CCCCCCC/C=C\C/C=C\CCCCC)OC(=O)CC/C=C\C/C=C\C/C=C\C/C=C\C/C=C\CCCCC)OC(=O)CCCCCCC/C=C\CCCCCCCC. The van der Waals surface area contributed by atoms with Crippen LogP contribution in [0.3, 0.4) is 0 Å². The summed E-state index contributed by atoms with van der Waals surface area (Å²) in [6, 6.07) is 0. The van der Waals surface area contributed by atoms with Crippen molar-refractivity contribution in [2.24, 2.45) is 0 Å². The van der Waals surface area contributed by atoms with E-state index in [-0.39, 0.29) is 25.7 Å². The molecule has 0 aromatic carbocycles. The van der Waals surface area contributed by atoms with Crippen LogP contribution in [0.1, 0.15) is 323 Å². The second-order valence-electron chi connectivity index (χ2n) is 27.3. The summed E-state index contributed by atoms with van der Waals surface area (Å²) in [6.07, 6.45) is 93.8. The van der Waals surface area contributed by atoms with Crippen molar-refractivity contribution < 1.29 is 80.2 Å². The van der Waals surface area contributed by atoms with E-state index < -0.39 is 97.5 Å². The van der Waals surface area contributed by atoms with Crippen LogP contribution in [0.25, 0.3) is 0 Å². The summed E-state index contributed by atoms with van der Waals surface area (Å²) in [5, 5.41) is 10.7. The third-order valence-electron chi connectivity index (χ3n) is 17.0. The van der Waals surface area contributed by atoms with E-state index in [2.05, 4.69) is 155 Å². The average Bonchev–Trinajstić information content (AvgIpc) is 0.914. The average molecular weight is 1550 g/mol. The van der Waals surface area contributed by atoms with Gasteiger partial charge in [0, 0.05) is 25.7 Å². The Hall–Kier alpha value is -5.32. The molecule has 0 aliphatic heterocycles. The third kappa shape index (κ3) is 78.8. The fraction of sp³-hybridized carbons (Fsp3) is 0.663. The quantitative estimate of drug-likeness (QED) is 0.0169. The minimum atomic E-state index is -5.01. The molecule has 0 aliphatic rings. The van der Waals surface area contributed by atoms with Gasteiger partial charge in [-0.2, -0.15) is 0 Å². The number of aliphatic hydroxyl groups excluding tert-OH is 1. The fourth-order valence-electron chi connectivity index (χ4n) is 10.6. The van der Waals surface area contributed by atoms with E-state index in [1.807, 2.05) is 30.4 Å². The highest BCUT2D eigenvalue weighted by molar-refractivity contribution is 7.47. The normalized spacial score (nSPS) is 14.6. The number of ether oxygens (including phenoxy) is 4. The lowest BCUT2D eigenvalue weighted by atomic mass is 10.1. The second-order valence-corrected chi connectivity index (χ2v) is 30.3. The maximum atomic E-state index is 13.1. The molecule has 19 heteroatoms. The number of allylic oxidation sites excluding steroid dienone is 26. The van der Waals surface area contributed by atoms with Gasteiger partial charge in [0.25, 0.3) is 0 Å². The van der Waals surface area contributed by atoms with Crippen molar-refractivity contribution in [3.8, 4) is 0 Å². The molecule has 2 unspecified atom stereocenters. The van der Waals surface area contributed by atoms with E-state index in [0.717, 1.165) is 135 Å². The van der Waals surface area contributed by atoms with Crippen LogP contribution in [-0.2, 0) is 65.4 Å². The molecule has 0 aliphatic carbocycles. The number of carbonyl (C=O) groups excluding carboxylic acids is 4. The molecule has 5 atom stereocenters. The molecule has 0 radical (unpaired) electrons. The molecule has 0 heterocycles. The molecule has 0 amide bonds. The van der Waals surface area contributed by atoms with Gasteiger partial charge in [-0.15, -0.1) is 0 Å². The molecular formula is C89H148O17P2. The van der Waals surface area contributed by atoms with E-state index >= 15 is 0 Å². The Labute approximate surface area is 655 Å². The van der Waals surface area contributed by atoms with Crippen molar-refractivity contribution in [2.45, 2.75) is 341 Å². The number of unbranched alkanes of at least 4 members (excludes halogenated alkanes) is 25. The van der Waals surface area contributed by atoms with Gasteiger partial charge in [0.05, 0.1) is 26.4 Å². The number of esters is 4. The highest BCUT2D eigenvalue weighted by Gasteiger charge is 2.30. The minimum Gasteiger partial charge on any atom is -0.462 e. The zero-order chi connectivity index (χ0) is 78.9. The molecule has 0 fully saturated rings. The minimum absolute atomic E-state index is 0.0306. The number of rotatable bonds is 77. The summed E-state index contributed by atoms with van der Waals surface area (Å²) >= 11 is 0. The van der Waals surface area contributed by atoms with Crippen molar-refractivity contribution in [1.82, 2.24) is 0 Å². The van der Waals surface area contributed by atoms with Crippen LogP contribution in [0.4, 0.5) is 0 Å². The van der Waals surface area contributed by atoms with Crippen molar-refractivity contribution in [2.75, 3.05) is 39.6 Å². The van der Waals surface area contributed by atoms with Crippen molar-refractivity contribution in [1.29, 1.82) is 0 Å². The predicted octanol–water partition coefficient (Wildman–Crippen LogP) is 24.8. The highest BCUT2D eigenvalue weighted by Crippen LogP contribution is 2.45. The zero-order valence-electron chi connectivity index (χ0n) is 67.5. The number of carbonyl (C=O) groups is 4. The number of phosphoric acid groups is 2. The monoisotopic (exact) mass is 1550 g/mol. The topological polar surface area (TPSA) is 237 Å². The Kier molecular flexibility index (Phi) is 75.8. The summed E-state index contributed by atoms with van der Waals surface area (Å²) in [7, 11) is -10.0. The van der Waals surface area contributed by atoms with E-state index in [1.54, 1.807) is 0 Å². The van der Waals surface area contributed by atoms with Gasteiger partial charge in [0.1, 0.15) is 19.3 Å². The van der Waals surface area contributed by atoms with Crippen molar-refractivity contribution in [3.05, 3.63) is 158 Å². The van der Waals surface area contributed by atoms with E-state index in [4.69, 9.17) is 37.0 Å². The number of hydrogen-bond donors (Lipinski definition) is 3. The molecule has 616 valence electrons. The molecule has 0 rings (SSSR count). The van der Waals surface area contributed by atoms with Crippen LogP contribution < -0.4 is 0 Å². The first-order valence-electron chi connectivity index (χ1n) is 41.7.